The molecule has 1 aromatic carbocycles. The van der Waals surface area contributed by atoms with E-state index in [1.165, 1.54) is 0 Å². The topological polar surface area (TPSA) is 66.4 Å². The molecule has 5 heteroatoms. The standard InChI is InChI=1S/C14H18ClNO3/c1-9(2)14(3,8-12(17)18)16-13(19)10-6-4-5-7-11(10)15/h4-7,9H,8H2,1-3H3,(H,16,19)(H,17,18). The van der Waals surface area contributed by atoms with Gasteiger partial charge in [0.1, 0.15) is 0 Å². The van der Waals surface area contributed by atoms with Crippen LogP contribution in [0.1, 0.15) is 37.6 Å². The monoisotopic (exact) mass is 283 g/mol. The van der Waals surface area contributed by atoms with Gasteiger partial charge in [-0.2, -0.15) is 0 Å². The highest BCUT2D eigenvalue weighted by atomic mass is 35.5. The van der Waals surface area contributed by atoms with Gasteiger partial charge in [-0.3, -0.25) is 9.59 Å². The van der Waals surface area contributed by atoms with Crippen molar-refractivity contribution < 1.29 is 14.7 Å². The van der Waals surface area contributed by atoms with E-state index in [9.17, 15) is 9.59 Å². The molecule has 1 rings (SSSR count). The molecule has 104 valence electrons. The maximum atomic E-state index is 12.2. The summed E-state index contributed by atoms with van der Waals surface area (Å²) in [5.74, 6) is -1.33. The zero-order valence-corrected chi connectivity index (χ0v) is 12.0. The third-order valence-electron chi connectivity index (χ3n) is 3.31. The summed E-state index contributed by atoms with van der Waals surface area (Å²) < 4.78 is 0. The number of carbonyl (C=O) groups is 2. The number of nitrogens with one attached hydrogen (secondary N) is 1. The van der Waals surface area contributed by atoms with Crippen molar-refractivity contribution >= 4 is 23.5 Å². The van der Waals surface area contributed by atoms with E-state index < -0.39 is 11.5 Å². The highest BCUT2D eigenvalue weighted by molar-refractivity contribution is 6.33. The molecule has 0 spiro atoms. The zero-order chi connectivity index (χ0) is 14.6. The molecule has 1 aromatic rings. The molecule has 19 heavy (non-hydrogen) atoms. The van der Waals surface area contributed by atoms with Crippen molar-refractivity contribution in [3.05, 3.63) is 34.9 Å². The number of hydrogen-bond donors (Lipinski definition) is 2. The minimum atomic E-state index is -0.948. The van der Waals surface area contributed by atoms with E-state index in [-0.39, 0.29) is 18.2 Å². The number of benzene rings is 1. The van der Waals surface area contributed by atoms with Crippen molar-refractivity contribution in [1.29, 1.82) is 0 Å². The fourth-order valence-electron chi connectivity index (χ4n) is 1.68. The Morgan fingerprint density at radius 1 is 1.37 bits per heavy atom. The van der Waals surface area contributed by atoms with E-state index in [2.05, 4.69) is 5.32 Å². The molecule has 0 heterocycles. The van der Waals surface area contributed by atoms with Gasteiger partial charge in [0.25, 0.3) is 5.91 Å². The number of carboxylic acids is 1. The molecule has 0 saturated carbocycles. The van der Waals surface area contributed by atoms with E-state index in [1.807, 2.05) is 13.8 Å². The van der Waals surface area contributed by atoms with E-state index >= 15 is 0 Å². The van der Waals surface area contributed by atoms with Crippen LogP contribution in [0.25, 0.3) is 0 Å². The molecule has 1 amide bonds. The van der Waals surface area contributed by atoms with E-state index in [0.29, 0.717) is 10.6 Å². The van der Waals surface area contributed by atoms with Crippen molar-refractivity contribution in [3.63, 3.8) is 0 Å². The molecular weight excluding hydrogens is 266 g/mol. The Kier molecular flexibility index (Phi) is 4.95. The number of halogens is 1. The zero-order valence-electron chi connectivity index (χ0n) is 11.2. The first kappa shape index (κ1) is 15.5. The molecule has 0 bridgehead atoms. The SMILES string of the molecule is CC(C)C(C)(CC(=O)O)NC(=O)c1ccccc1Cl. The van der Waals surface area contributed by atoms with Gasteiger partial charge in [-0.15, -0.1) is 0 Å². The van der Waals surface area contributed by atoms with Crippen molar-refractivity contribution in [2.24, 2.45) is 5.92 Å². The summed E-state index contributed by atoms with van der Waals surface area (Å²) in [4.78, 5) is 23.1. The molecule has 0 fully saturated rings. The van der Waals surface area contributed by atoms with Crippen LogP contribution in [0.5, 0.6) is 0 Å². The van der Waals surface area contributed by atoms with Crippen LogP contribution in [0, 0.1) is 5.92 Å². The van der Waals surface area contributed by atoms with Gasteiger partial charge in [-0.05, 0) is 25.0 Å². The second kappa shape index (κ2) is 6.06. The third kappa shape index (κ3) is 3.96. The van der Waals surface area contributed by atoms with Gasteiger partial charge >= 0.3 is 5.97 Å². The first-order chi connectivity index (χ1) is 8.76. The van der Waals surface area contributed by atoms with Crippen LogP contribution >= 0.6 is 11.6 Å². The highest BCUT2D eigenvalue weighted by Crippen LogP contribution is 2.23. The first-order valence-corrected chi connectivity index (χ1v) is 6.43. The Labute approximate surface area is 117 Å². The predicted octanol–water partition coefficient (Wildman–Crippen LogP) is 2.96. The summed E-state index contributed by atoms with van der Waals surface area (Å²) in [7, 11) is 0. The van der Waals surface area contributed by atoms with Crippen LogP contribution in [-0.4, -0.2) is 22.5 Å². The fourth-order valence-corrected chi connectivity index (χ4v) is 1.90. The molecule has 2 N–H and O–H groups in total. The maximum absolute atomic E-state index is 12.2. The van der Waals surface area contributed by atoms with Gasteiger partial charge in [0.05, 0.1) is 22.5 Å². The smallest absolute Gasteiger partial charge is 0.305 e. The molecule has 0 aliphatic heterocycles. The quantitative estimate of drug-likeness (QED) is 0.873. The Morgan fingerprint density at radius 2 is 1.95 bits per heavy atom. The minimum Gasteiger partial charge on any atom is -0.481 e. The second-order valence-corrected chi connectivity index (χ2v) is 5.48. The van der Waals surface area contributed by atoms with Crippen LogP contribution < -0.4 is 5.32 Å². The molecule has 0 aliphatic carbocycles. The van der Waals surface area contributed by atoms with E-state index in [1.54, 1.807) is 31.2 Å². The third-order valence-corrected chi connectivity index (χ3v) is 3.64. The molecule has 4 nitrogen and oxygen atoms in total. The van der Waals surface area contributed by atoms with Gasteiger partial charge < -0.3 is 10.4 Å². The van der Waals surface area contributed by atoms with Crippen LogP contribution in [0.2, 0.25) is 5.02 Å². The Balaban J connectivity index is 2.95. The van der Waals surface area contributed by atoms with Gasteiger partial charge in [0, 0.05) is 0 Å². The van der Waals surface area contributed by atoms with Crippen LogP contribution in [0.3, 0.4) is 0 Å². The Hall–Kier alpha value is -1.55. The highest BCUT2D eigenvalue weighted by Gasteiger charge is 2.33. The lowest BCUT2D eigenvalue weighted by Gasteiger charge is -2.33. The lowest BCUT2D eigenvalue weighted by Crippen LogP contribution is -2.51. The van der Waals surface area contributed by atoms with Gasteiger partial charge in [-0.1, -0.05) is 37.6 Å². The number of aliphatic carboxylic acids is 1. The average Bonchev–Trinajstić information content (AvgIpc) is 2.27. The molecule has 0 aromatic heterocycles. The number of carboxylic acid groups (broad SMARTS) is 1. The van der Waals surface area contributed by atoms with Gasteiger partial charge in [-0.25, -0.2) is 0 Å². The second-order valence-electron chi connectivity index (χ2n) is 5.08. The molecule has 0 radical (unpaired) electrons. The van der Waals surface area contributed by atoms with E-state index in [4.69, 9.17) is 16.7 Å². The Bertz CT molecular complexity index is 487. The number of rotatable bonds is 5. The summed E-state index contributed by atoms with van der Waals surface area (Å²) in [5, 5.41) is 12.1. The van der Waals surface area contributed by atoms with E-state index in [0.717, 1.165) is 0 Å². The van der Waals surface area contributed by atoms with Crippen LogP contribution in [0.15, 0.2) is 24.3 Å². The predicted molar refractivity (Wildman–Crippen MR) is 74.4 cm³/mol. The molecule has 1 atom stereocenters. The molecule has 0 saturated heterocycles. The van der Waals surface area contributed by atoms with Gasteiger partial charge in [0.2, 0.25) is 0 Å². The maximum Gasteiger partial charge on any atom is 0.305 e. The Morgan fingerprint density at radius 3 is 2.42 bits per heavy atom. The fraction of sp³-hybridized carbons (Fsp3) is 0.429. The van der Waals surface area contributed by atoms with Crippen molar-refractivity contribution in [2.45, 2.75) is 32.7 Å². The molecule has 1 unspecified atom stereocenters. The summed E-state index contributed by atoms with van der Waals surface area (Å²) in [5.41, 5.74) is -0.469. The first-order valence-electron chi connectivity index (χ1n) is 6.05. The minimum absolute atomic E-state index is 0.0185. The van der Waals surface area contributed by atoms with Crippen molar-refractivity contribution in [1.82, 2.24) is 5.32 Å². The molecule has 0 aliphatic rings. The van der Waals surface area contributed by atoms with Gasteiger partial charge in [0.15, 0.2) is 0 Å². The molecular formula is C14H18ClNO3. The lowest BCUT2D eigenvalue weighted by atomic mass is 9.85. The average molecular weight is 284 g/mol. The number of amides is 1. The summed E-state index contributed by atoms with van der Waals surface area (Å²) in [6, 6.07) is 6.68. The lowest BCUT2D eigenvalue weighted by molar-refractivity contribution is -0.138. The largest absolute Gasteiger partial charge is 0.481 e. The summed E-state index contributed by atoms with van der Waals surface area (Å²) in [6.07, 6.45) is -0.138. The van der Waals surface area contributed by atoms with Crippen LogP contribution in [0.4, 0.5) is 0 Å². The summed E-state index contributed by atoms with van der Waals surface area (Å²) in [6.45, 7) is 5.46. The number of hydrogen-bond acceptors (Lipinski definition) is 2. The van der Waals surface area contributed by atoms with Crippen LogP contribution in [-0.2, 0) is 4.79 Å². The normalized spacial score (nSPS) is 13.9. The number of carbonyl (C=O) groups excluding carboxylic acids is 1. The van der Waals surface area contributed by atoms with Crippen molar-refractivity contribution in [3.8, 4) is 0 Å². The van der Waals surface area contributed by atoms with Crippen molar-refractivity contribution in [2.75, 3.05) is 0 Å². The summed E-state index contributed by atoms with van der Waals surface area (Å²) >= 11 is 5.96.